The lowest BCUT2D eigenvalue weighted by molar-refractivity contribution is -0.870. The normalized spacial score (nSPS) is 15.7. The van der Waals surface area contributed by atoms with Crippen molar-refractivity contribution >= 4 is 17.9 Å². The van der Waals surface area contributed by atoms with Crippen molar-refractivity contribution in [1.29, 1.82) is 0 Å². The molecule has 0 amide bonds. The van der Waals surface area contributed by atoms with Crippen LogP contribution < -0.4 is 0 Å². The van der Waals surface area contributed by atoms with Gasteiger partial charge >= 0.3 is 17.9 Å². The second kappa shape index (κ2) is 12.7. The second-order valence-corrected chi connectivity index (χ2v) is 7.57. The van der Waals surface area contributed by atoms with Crippen LogP contribution in [0.25, 0.3) is 0 Å². The molecule has 0 aromatic heterocycles. The number of carbonyl (C=O) groups excluding carboxylic acids is 3. The maximum Gasteiger partial charge on any atom is 0.339 e. The molecule has 29 heavy (non-hydrogen) atoms. The molecule has 0 heterocycles. The van der Waals surface area contributed by atoms with Crippen LogP contribution in [0.1, 0.15) is 12.8 Å². The Hall–Kier alpha value is -1.83. The molecule has 0 saturated carbocycles. The molecule has 0 rings (SSSR count). The van der Waals surface area contributed by atoms with Crippen molar-refractivity contribution in [1.82, 2.24) is 0 Å². The number of esters is 3. The van der Waals surface area contributed by atoms with E-state index in [0.29, 0.717) is 11.0 Å². The molecule has 3 unspecified atom stereocenters. The number of ether oxygens (including phenoxy) is 3. The summed E-state index contributed by atoms with van der Waals surface area (Å²) in [7, 11) is 5.60. The van der Waals surface area contributed by atoms with Crippen LogP contribution in [0.3, 0.4) is 0 Å². The molecule has 12 nitrogen and oxygen atoms in total. The predicted octanol–water partition coefficient (Wildman–Crippen LogP) is -3.46. The van der Waals surface area contributed by atoms with Gasteiger partial charge in [-0.25, -0.2) is 4.79 Å². The number of carbonyl (C=O) groups is 3. The van der Waals surface area contributed by atoms with Gasteiger partial charge in [-0.2, -0.15) is 0 Å². The molecule has 0 radical (unpaired) electrons. The number of nitrogens with zero attached hydrogens (tertiary/aromatic N) is 1. The molecule has 5 N–H and O–H groups in total. The van der Waals surface area contributed by atoms with Crippen LogP contribution >= 0.6 is 0 Å². The molecule has 0 aromatic rings. The average Bonchev–Trinajstić information content (AvgIpc) is 2.62. The standard InChI is InChI=1S/C17H32NO11/c1-18(2,3)4-5-27-14(23)6-17(26,16(25)29-11-13(22)9-20)7-15(24)28-10-12(21)8-19/h12-13,19-22,26H,4-11H2,1-3H3/q+1. The number of aliphatic hydroxyl groups excluding tert-OH is 4. The molecular weight excluding hydrogens is 394 g/mol. The smallest absolute Gasteiger partial charge is 0.339 e. The third kappa shape index (κ3) is 12.4. The van der Waals surface area contributed by atoms with E-state index in [1.807, 2.05) is 21.1 Å². The first-order valence-corrected chi connectivity index (χ1v) is 8.92. The monoisotopic (exact) mass is 426 g/mol. The van der Waals surface area contributed by atoms with Crippen LogP contribution in [0, 0.1) is 0 Å². The summed E-state index contributed by atoms with van der Waals surface area (Å²) in [6, 6.07) is 0. The third-order valence-electron chi connectivity index (χ3n) is 3.54. The van der Waals surface area contributed by atoms with Gasteiger partial charge in [-0.1, -0.05) is 0 Å². The highest BCUT2D eigenvalue weighted by atomic mass is 16.6. The maximum atomic E-state index is 12.2. The highest BCUT2D eigenvalue weighted by Crippen LogP contribution is 2.20. The fraction of sp³-hybridized carbons (Fsp3) is 0.824. The average molecular weight is 426 g/mol. The largest absolute Gasteiger partial charge is 0.463 e. The minimum absolute atomic E-state index is 0.00380. The van der Waals surface area contributed by atoms with Gasteiger partial charge in [0.15, 0.2) is 5.60 Å². The maximum absolute atomic E-state index is 12.2. The van der Waals surface area contributed by atoms with Gasteiger partial charge < -0.3 is 44.2 Å². The molecule has 170 valence electrons. The zero-order valence-electron chi connectivity index (χ0n) is 16.9. The Morgan fingerprint density at radius 3 is 1.76 bits per heavy atom. The Balaban J connectivity index is 5.04. The van der Waals surface area contributed by atoms with Gasteiger partial charge in [-0.3, -0.25) is 9.59 Å². The number of likely N-dealkylation sites (N-methyl/N-ethyl adjacent to an activating group) is 1. The van der Waals surface area contributed by atoms with Gasteiger partial charge in [0, 0.05) is 0 Å². The van der Waals surface area contributed by atoms with Crippen molar-refractivity contribution < 1.29 is 58.6 Å². The molecule has 0 fully saturated rings. The molecule has 3 atom stereocenters. The number of rotatable bonds is 14. The molecule has 0 aromatic carbocycles. The van der Waals surface area contributed by atoms with E-state index in [9.17, 15) is 29.7 Å². The summed E-state index contributed by atoms with van der Waals surface area (Å²) < 4.78 is 14.8. The zero-order valence-corrected chi connectivity index (χ0v) is 16.9. The Morgan fingerprint density at radius 1 is 0.862 bits per heavy atom. The first-order valence-electron chi connectivity index (χ1n) is 8.92. The number of aliphatic hydroxyl groups is 5. The van der Waals surface area contributed by atoms with Gasteiger partial charge in [0.25, 0.3) is 0 Å². The highest BCUT2D eigenvalue weighted by Gasteiger charge is 2.43. The number of hydrogen-bond donors (Lipinski definition) is 5. The van der Waals surface area contributed by atoms with E-state index in [2.05, 4.69) is 9.47 Å². The molecule has 0 aliphatic heterocycles. The first kappa shape index (κ1) is 27.2. The summed E-state index contributed by atoms with van der Waals surface area (Å²) in [5.74, 6) is -3.50. The number of quaternary nitrogens is 1. The first-order chi connectivity index (χ1) is 13.3. The van der Waals surface area contributed by atoms with E-state index in [1.165, 1.54) is 0 Å². The lowest BCUT2D eigenvalue weighted by atomic mass is 9.95. The van der Waals surface area contributed by atoms with Crippen molar-refractivity contribution in [2.45, 2.75) is 30.7 Å². The van der Waals surface area contributed by atoms with Crippen LogP contribution in [0.5, 0.6) is 0 Å². The Morgan fingerprint density at radius 2 is 1.31 bits per heavy atom. The third-order valence-corrected chi connectivity index (χ3v) is 3.54. The molecule has 0 saturated heterocycles. The SMILES string of the molecule is C[N+](C)(C)CCOC(=O)CC(O)(CC(=O)OCC(O)CO)C(=O)OCC(O)CO. The second-order valence-electron chi connectivity index (χ2n) is 7.57. The van der Waals surface area contributed by atoms with Gasteiger partial charge in [-0.15, -0.1) is 0 Å². The lowest BCUT2D eigenvalue weighted by Gasteiger charge is -2.26. The van der Waals surface area contributed by atoms with E-state index in [1.54, 1.807) is 0 Å². The minimum atomic E-state index is -2.65. The minimum Gasteiger partial charge on any atom is -0.463 e. The summed E-state index contributed by atoms with van der Waals surface area (Å²) >= 11 is 0. The molecule has 0 aliphatic carbocycles. The molecule has 0 bridgehead atoms. The van der Waals surface area contributed by atoms with Crippen LogP contribution in [-0.4, -0.2) is 126 Å². The van der Waals surface area contributed by atoms with E-state index in [-0.39, 0.29) is 6.61 Å². The molecular formula is C17H32NO11+. The van der Waals surface area contributed by atoms with Crippen molar-refractivity contribution in [3.63, 3.8) is 0 Å². The van der Waals surface area contributed by atoms with Crippen LogP contribution in [0.15, 0.2) is 0 Å². The fourth-order valence-electron chi connectivity index (χ4n) is 1.82. The van der Waals surface area contributed by atoms with Crippen molar-refractivity contribution in [2.75, 3.05) is 60.7 Å². The van der Waals surface area contributed by atoms with Gasteiger partial charge in [0.1, 0.15) is 38.6 Å². The Labute approximate surface area is 168 Å². The van der Waals surface area contributed by atoms with Crippen LogP contribution in [0.2, 0.25) is 0 Å². The van der Waals surface area contributed by atoms with Gasteiger partial charge in [-0.05, 0) is 0 Å². The highest BCUT2D eigenvalue weighted by molar-refractivity contribution is 5.90. The lowest BCUT2D eigenvalue weighted by Crippen LogP contribution is -2.46. The van der Waals surface area contributed by atoms with Crippen molar-refractivity contribution in [3.8, 4) is 0 Å². The van der Waals surface area contributed by atoms with Crippen molar-refractivity contribution in [2.24, 2.45) is 0 Å². The summed E-state index contributed by atoms with van der Waals surface area (Å²) in [5.41, 5.74) is -2.65. The predicted molar refractivity (Wildman–Crippen MR) is 96.1 cm³/mol. The Bertz CT molecular complexity index is 534. The molecule has 0 aliphatic rings. The number of hydrogen-bond acceptors (Lipinski definition) is 11. The summed E-state index contributed by atoms with van der Waals surface area (Å²) in [6.45, 7) is -2.18. The zero-order chi connectivity index (χ0) is 22.7. The summed E-state index contributed by atoms with van der Waals surface area (Å²) in [6.07, 6.45) is -4.68. The van der Waals surface area contributed by atoms with E-state index < -0.39 is 75.0 Å². The van der Waals surface area contributed by atoms with E-state index in [4.69, 9.17) is 14.9 Å². The summed E-state index contributed by atoms with van der Waals surface area (Å²) in [5, 5.41) is 46.4. The van der Waals surface area contributed by atoms with E-state index in [0.717, 1.165) is 0 Å². The van der Waals surface area contributed by atoms with Crippen LogP contribution in [0.4, 0.5) is 0 Å². The Kier molecular flexibility index (Phi) is 11.9. The van der Waals surface area contributed by atoms with Crippen LogP contribution in [-0.2, 0) is 28.6 Å². The molecule has 0 spiro atoms. The van der Waals surface area contributed by atoms with Gasteiger partial charge in [0.2, 0.25) is 0 Å². The molecule has 12 heteroatoms. The quantitative estimate of drug-likeness (QED) is 0.106. The van der Waals surface area contributed by atoms with E-state index >= 15 is 0 Å². The van der Waals surface area contributed by atoms with Gasteiger partial charge in [0.05, 0.1) is 47.2 Å². The van der Waals surface area contributed by atoms with Crippen molar-refractivity contribution in [3.05, 3.63) is 0 Å². The summed E-state index contributed by atoms with van der Waals surface area (Å²) in [4.78, 5) is 36.1. The topological polar surface area (TPSA) is 180 Å². The fourth-order valence-corrected chi connectivity index (χ4v) is 1.82.